The Balaban J connectivity index is 1.18. The lowest BCUT2D eigenvalue weighted by atomic mass is 9.89. The normalized spacial score (nSPS) is 25.9. The maximum atomic E-state index is 13.3. The molecule has 6 nitrogen and oxygen atoms in total. The summed E-state index contributed by atoms with van der Waals surface area (Å²) in [6.07, 6.45) is -3.93. The van der Waals surface area contributed by atoms with Crippen molar-refractivity contribution < 1.29 is 41.3 Å². The summed E-state index contributed by atoms with van der Waals surface area (Å²) in [5.41, 5.74) is 0. The topological polar surface area (TPSA) is 66.0 Å². The SMILES string of the molecule is O=C(COc1ccc(Cl)c(F)c1)N[C@H]1C[C@@H](OCCO[C@H]2C[C@H](OC(F)(F)F)C2)C1. The van der Waals surface area contributed by atoms with Gasteiger partial charge in [-0.05, 0) is 25.0 Å². The van der Waals surface area contributed by atoms with Gasteiger partial charge in [-0.25, -0.2) is 4.39 Å². The van der Waals surface area contributed by atoms with Crippen molar-refractivity contribution in [2.24, 2.45) is 0 Å². The zero-order chi connectivity index (χ0) is 21.7. The molecule has 1 aromatic rings. The minimum absolute atomic E-state index is 0.00659. The van der Waals surface area contributed by atoms with E-state index in [4.69, 9.17) is 25.8 Å². The van der Waals surface area contributed by atoms with Crippen LogP contribution in [0.3, 0.4) is 0 Å². The Hall–Kier alpha value is -1.62. The molecule has 0 unspecified atom stereocenters. The van der Waals surface area contributed by atoms with Crippen LogP contribution in [0, 0.1) is 5.82 Å². The molecule has 2 aliphatic carbocycles. The lowest BCUT2D eigenvalue weighted by molar-refractivity contribution is -0.357. The third kappa shape index (κ3) is 7.26. The van der Waals surface area contributed by atoms with Crippen LogP contribution in [-0.4, -0.2) is 56.4 Å². The van der Waals surface area contributed by atoms with Crippen LogP contribution in [0.5, 0.6) is 5.75 Å². The zero-order valence-electron chi connectivity index (χ0n) is 15.9. The maximum absolute atomic E-state index is 13.3. The van der Waals surface area contributed by atoms with Crippen LogP contribution >= 0.6 is 11.6 Å². The molecule has 11 heteroatoms. The van der Waals surface area contributed by atoms with E-state index in [-0.39, 0.29) is 54.4 Å². The number of ether oxygens (including phenoxy) is 4. The van der Waals surface area contributed by atoms with Crippen molar-refractivity contribution in [3.8, 4) is 5.75 Å². The van der Waals surface area contributed by atoms with Crippen LogP contribution in [-0.2, 0) is 19.0 Å². The molecule has 1 N–H and O–H groups in total. The van der Waals surface area contributed by atoms with E-state index in [2.05, 4.69) is 10.1 Å². The number of nitrogens with one attached hydrogen (secondary N) is 1. The average Bonchev–Trinajstić information content (AvgIpc) is 2.60. The number of carbonyl (C=O) groups excluding carboxylic acids is 1. The fourth-order valence-corrected chi connectivity index (χ4v) is 3.29. The summed E-state index contributed by atoms with van der Waals surface area (Å²) >= 11 is 5.58. The molecule has 0 bridgehead atoms. The van der Waals surface area contributed by atoms with E-state index in [0.717, 1.165) is 6.07 Å². The van der Waals surface area contributed by atoms with Gasteiger partial charge >= 0.3 is 6.36 Å². The highest BCUT2D eigenvalue weighted by molar-refractivity contribution is 6.30. The largest absolute Gasteiger partial charge is 0.522 e. The van der Waals surface area contributed by atoms with Gasteiger partial charge in [0.05, 0.1) is 36.5 Å². The number of alkyl halides is 3. The molecule has 0 heterocycles. The van der Waals surface area contributed by atoms with Crippen LogP contribution in [0.25, 0.3) is 0 Å². The molecule has 3 rings (SSSR count). The van der Waals surface area contributed by atoms with Crippen LogP contribution in [0.1, 0.15) is 25.7 Å². The summed E-state index contributed by atoms with van der Waals surface area (Å²) in [6, 6.07) is 3.90. The van der Waals surface area contributed by atoms with Crippen molar-refractivity contribution in [2.75, 3.05) is 19.8 Å². The van der Waals surface area contributed by atoms with Crippen LogP contribution in [0.15, 0.2) is 18.2 Å². The van der Waals surface area contributed by atoms with Crippen molar-refractivity contribution in [1.29, 1.82) is 0 Å². The summed E-state index contributed by atoms with van der Waals surface area (Å²) in [7, 11) is 0. The Morgan fingerprint density at radius 2 is 1.70 bits per heavy atom. The van der Waals surface area contributed by atoms with Gasteiger partial charge in [-0.2, -0.15) is 0 Å². The molecule has 1 aromatic carbocycles. The minimum atomic E-state index is -4.60. The molecule has 0 saturated heterocycles. The summed E-state index contributed by atoms with van der Waals surface area (Å²) in [6.45, 7) is 0.387. The van der Waals surface area contributed by atoms with E-state index < -0.39 is 18.3 Å². The van der Waals surface area contributed by atoms with E-state index in [1.54, 1.807) is 0 Å². The van der Waals surface area contributed by atoms with Gasteiger partial charge in [-0.15, -0.1) is 13.2 Å². The standard InChI is InChI=1S/C19H22ClF4NO5/c20-16-2-1-12(9-17(16)21)29-10-18(26)25-11-5-13(6-11)27-3-4-28-14-7-15(8-14)30-19(22,23)24/h1-2,9,11,13-15H,3-8,10H2,(H,25,26)/t11-,13+,14-,15-. The third-order valence-corrected chi connectivity index (χ3v) is 5.17. The molecule has 0 aliphatic heterocycles. The second-order valence-electron chi connectivity index (χ2n) is 7.24. The van der Waals surface area contributed by atoms with Crippen LogP contribution in [0.4, 0.5) is 17.6 Å². The summed E-state index contributed by atoms with van der Waals surface area (Å²) in [5.74, 6) is -0.730. The van der Waals surface area contributed by atoms with Gasteiger partial charge in [-0.1, -0.05) is 11.6 Å². The van der Waals surface area contributed by atoms with Gasteiger partial charge < -0.3 is 19.5 Å². The number of hydrogen-bond acceptors (Lipinski definition) is 5. The first kappa shape index (κ1) is 23.1. The highest BCUT2D eigenvalue weighted by Crippen LogP contribution is 2.32. The first-order valence-electron chi connectivity index (χ1n) is 9.53. The van der Waals surface area contributed by atoms with E-state index in [1.165, 1.54) is 12.1 Å². The monoisotopic (exact) mass is 455 g/mol. The van der Waals surface area contributed by atoms with Crippen LogP contribution in [0.2, 0.25) is 5.02 Å². The number of amides is 1. The first-order chi connectivity index (χ1) is 14.2. The summed E-state index contributed by atoms with van der Waals surface area (Å²) < 4.78 is 69.5. The summed E-state index contributed by atoms with van der Waals surface area (Å²) in [5, 5.41) is 2.77. The second-order valence-corrected chi connectivity index (χ2v) is 7.65. The van der Waals surface area contributed by atoms with Crippen LogP contribution < -0.4 is 10.1 Å². The van der Waals surface area contributed by atoms with Gasteiger partial charge in [0.1, 0.15) is 11.6 Å². The van der Waals surface area contributed by atoms with Crippen molar-refractivity contribution in [3.05, 3.63) is 29.0 Å². The summed E-state index contributed by atoms with van der Waals surface area (Å²) in [4.78, 5) is 11.9. The molecular formula is C19H22ClF4NO5. The maximum Gasteiger partial charge on any atom is 0.522 e. The highest BCUT2D eigenvalue weighted by Gasteiger charge is 2.40. The number of halogens is 5. The molecule has 0 spiro atoms. The Kier molecular flexibility index (Phi) is 7.78. The predicted molar refractivity (Wildman–Crippen MR) is 97.7 cm³/mol. The lowest BCUT2D eigenvalue weighted by Crippen LogP contribution is -2.49. The smallest absolute Gasteiger partial charge is 0.484 e. The Morgan fingerprint density at radius 3 is 2.30 bits per heavy atom. The molecule has 2 fully saturated rings. The zero-order valence-corrected chi connectivity index (χ0v) is 16.7. The number of carbonyl (C=O) groups is 1. The van der Waals surface area contributed by atoms with Gasteiger partial charge in [0.2, 0.25) is 0 Å². The fourth-order valence-electron chi connectivity index (χ4n) is 3.17. The molecule has 2 aliphatic rings. The molecule has 30 heavy (non-hydrogen) atoms. The molecule has 0 aromatic heterocycles. The number of hydrogen-bond donors (Lipinski definition) is 1. The minimum Gasteiger partial charge on any atom is -0.484 e. The van der Waals surface area contributed by atoms with Gasteiger partial charge in [0, 0.05) is 24.9 Å². The van der Waals surface area contributed by atoms with Gasteiger partial charge in [0.25, 0.3) is 5.91 Å². The Morgan fingerprint density at radius 1 is 1.07 bits per heavy atom. The Bertz CT molecular complexity index is 723. The van der Waals surface area contributed by atoms with Crippen molar-refractivity contribution in [2.45, 2.75) is 56.4 Å². The quantitative estimate of drug-likeness (QED) is 0.431. The Labute approximate surface area is 175 Å². The van der Waals surface area contributed by atoms with Gasteiger partial charge in [0.15, 0.2) is 6.61 Å². The molecule has 2 saturated carbocycles. The van der Waals surface area contributed by atoms with Crippen molar-refractivity contribution in [1.82, 2.24) is 5.32 Å². The van der Waals surface area contributed by atoms with E-state index in [9.17, 15) is 22.4 Å². The van der Waals surface area contributed by atoms with Crippen molar-refractivity contribution >= 4 is 17.5 Å². The second kappa shape index (κ2) is 10.1. The molecule has 1 amide bonds. The van der Waals surface area contributed by atoms with E-state index >= 15 is 0 Å². The average molecular weight is 456 g/mol. The number of benzene rings is 1. The predicted octanol–water partition coefficient (Wildman–Crippen LogP) is 3.61. The lowest BCUT2D eigenvalue weighted by Gasteiger charge is -2.37. The highest BCUT2D eigenvalue weighted by atomic mass is 35.5. The van der Waals surface area contributed by atoms with E-state index in [0.29, 0.717) is 26.1 Å². The first-order valence-corrected chi connectivity index (χ1v) is 9.90. The van der Waals surface area contributed by atoms with Crippen molar-refractivity contribution in [3.63, 3.8) is 0 Å². The third-order valence-electron chi connectivity index (χ3n) is 4.86. The molecule has 0 radical (unpaired) electrons. The number of rotatable bonds is 10. The fraction of sp³-hybridized carbons (Fsp3) is 0.632. The molecular weight excluding hydrogens is 434 g/mol. The molecule has 168 valence electrons. The van der Waals surface area contributed by atoms with Gasteiger partial charge in [-0.3, -0.25) is 9.53 Å². The van der Waals surface area contributed by atoms with E-state index in [1.807, 2.05) is 0 Å². The molecule has 0 atom stereocenters.